The van der Waals surface area contributed by atoms with Crippen LogP contribution in [0.25, 0.3) is 0 Å². The van der Waals surface area contributed by atoms with E-state index in [9.17, 15) is 0 Å². The van der Waals surface area contributed by atoms with E-state index in [2.05, 4.69) is 22.2 Å². The Kier molecular flexibility index (Phi) is 5.24. The molecule has 1 heterocycles. The van der Waals surface area contributed by atoms with Crippen LogP contribution in [0.15, 0.2) is 40.5 Å². The quantitative estimate of drug-likeness (QED) is 0.820. The molecule has 0 atom stereocenters. The van der Waals surface area contributed by atoms with Crippen LogP contribution < -0.4 is 10.1 Å². The number of anilines is 1. The number of aromatic nitrogens is 2. The summed E-state index contributed by atoms with van der Waals surface area (Å²) in [5, 5.41) is 4.30. The number of benzene rings is 1. The van der Waals surface area contributed by atoms with Crippen molar-refractivity contribution in [1.29, 1.82) is 0 Å². The maximum absolute atomic E-state index is 5.16. The Morgan fingerprint density at radius 2 is 1.95 bits per heavy atom. The standard InChI is InChI=1S/C15H19N3OS/c1-4-9-16-14-11(2)15(18-10-17-14)20-13-7-5-12(19-3)6-8-13/h5-8,10H,4,9H2,1-3H3,(H,16,17,18). The van der Waals surface area contributed by atoms with E-state index in [1.165, 1.54) is 0 Å². The molecule has 0 fully saturated rings. The average Bonchev–Trinajstić information content (AvgIpc) is 2.49. The predicted molar refractivity (Wildman–Crippen MR) is 82.7 cm³/mol. The normalized spacial score (nSPS) is 10.3. The monoisotopic (exact) mass is 289 g/mol. The second kappa shape index (κ2) is 7.14. The van der Waals surface area contributed by atoms with Crippen molar-refractivity contribution < 1.29 is 4.74 Å². The Bertz CT molecular complexity index is 558. The molecule has 106 valence electrons. The second-order valence-electron chi connectivity index (χ2n) is 4.36. The van der Waals surface area contributed by atoms with Crippen LogP contribution in [0.3, 0.4) is 0 Å². The van der Waals surface area contributed by atoms with Crippen LogP contribution in [0, 0.1) is 6.92 Å². The van der Waals surface area contributed by atoms with E-state index in [4.69, 9.17) is 4.74 Å². The fourth-order valence-electron chi connectivity index (χ4n) is 1.71. The van der Waals surface area contributed by atoms with Crippen LogP contribution in [0.2, 0.25) is 0 Å². The van der Waals surface area contributed by atoms with Crippen molar-refractivity contribution >= 4 is 17.6 Å². The lowest BCUT2D eigenvalue weighted by atomic mass is 10.3. The highest BCUT2D eigenvalue weighted by atomic mass is 32.2. The fourth-order valence-corrected chi connectivity index (χ4v) is 2.56. The van der Waals surface area contributed by atoms with Crippen molar-refractivity contribution in [2.24, 2.45) is 0 Å². The lowest BCUT2D eigenvalue weighted by Crippen LogP contribution is -2.05. The van der Waals surface area contributed by atoms with Crippen LogP contribution in [0.1, 0.15) is 18.9 Å². The molecule has 0 amide bonds. The minimum Gasteiger partial charge on any atom is -0.497 e. The van der Waals surface area contributed by atoms with Crippen molar-refractivity contribution in [3.05, 3.63) is 36.2 Å². The zero-order valence-corrected chi connectivity index (χ0v) is 12.8. The van der Waals surface area contributed by atoms with E-state index in [-0.39, 0.29) is 0 Å². The van der Waals surface area contributed by atoms with Crippen LogP contribution >= 0.6 is 11.8 Å². The summed E-state index contributed by atoms with van der Waals surface area (Å²) in [7, 11) is 1.67. The topological polar surface area (TPSA) is 47.0 Å². The molecule has 0 unspecified atom stereocenters. The molecule has 5 heteroatoms. The van der Waals surface area contributed by atoms with Crippen LogP contribution in [-0.2, 0) is 0 Å². The van der Waals surface area contributed by atoms with E-state index < -0.39 is 0 Å². The van der Waals surface area contributed by atoms with Gasteiger partial charge in [-0.15, -0.1) is 0 Å². The molecule has 0 saturated heterocycles. The van der Waals surface area contributed by atoms with Crippen molar-refractivity contribution in [3.8, 4) is 5.75 Å². The third kappa shape index (κ3) is 3.63. The maximum atomic E-state index is 5.16. The first-order chi connectivity index (χ1) is 9.74. The summed E-state index contributed by atoms with van der Waals surface area (Å²) in [5.41, 5.74) is 1.08. The van der Waals surface area contributed by atoms with Crippen molar-refractivity contribution in [2.45, 2.75) is 30.2 Å². The molecule has 0 aliphatic heterocycles. The third-order valence-electron chi connectivity index (χ3n) is 2.85. The molecule has 0 radical (unpaired) electrons. The van der Waals surface area contributed by atoms with E-state index >= 15 is 0 Å². The first kappa shape index (κ1) is 14.7. The molecule has 1 N–H and O–H groups in total. The van der Waals surface area contributed by atoms with Gasteiger partial charge in [-0.2, -0.15) is 0 Å². The molecular formula is C15H19N3OS. The number of rotatable bonds is 6. The summed E-state index contributed by atoms with van der Waals surface area (Å²) in [4.78, 5) is 9.79. The van der Waals surface area contributed by atoms with Crippen LogP contribution in [0.4, 0.5) is 5.82 Å². The maximum Gasteiger partial charge on any atom is 0.133 e. The smallest absolute Gasteiger partial charge is 0.133 e. The Labute approximate surface area is 124 Å². The minimum absolute atomic E-state index is 0.860. The van der Waals surface area contributed by atoms with Crippen molar-refractivity contribution in [2.75, 3.05) is 19.0 Å². The number of hydrogen-bond donors (Lipinski definition) is 1. The van der Waals surface area contributed by atoms with Gasteiger partial charge in [0.25, 0.3) is 0 Å². The molecule has 0 spiro atoms. The summed E-state index contributed by atoms with van der Waals surface area (Å²) in [6.45, 7) is 5.10. The zero-order chi connectivity index (χ0) is 14.4. The highest BCUT2D eigenvalue weighted by molar-refractivity contribution is 7.99. The number of nitrogens with one attached hydrogen (secondary N) is 1. The first-order valence-electron chi connectivity index (χ1n) is 6.62. The molecule has 2 rings (SSSR count). The largest absolute Gasteiger partial charge is 0.497 e. The molecule has 0 aliphatic rings. The predicted octanol–water partition coefficient (Wildman–Crippen LogP) is 3.77. The summed E-state index contributed by atoms with van der Waals surface area (Å²) < 4.78 is 5.16. The molecule has 4 nitrogen and oxygen atoms in total. The molecule has 0 bridgehead atoms. The molecule has 0 aliphatic carbocycles. The van der Waals surface area contributed by atoms with Gasteiger partial charge in [0, 0.05) is 17.0 Å². The lowest BCUT2D eigenvalue weighted by molar-refractivity contribution is 0.414. The van der Waals surface area contributed by atoms with Gasteiger partial charge in [-0.25, -0.2) is 9.97 Å². The molecule has 0 saturated carbocycles. The molecule has 1 aromatic heterocycles. The molecule has 1 aromatic carbocycles. The molecular weight excluding hydrogens is 270 g/mol. The van der Waals surface area contributed by atoms with Crippen molar-refractivity contribution in [3.63, 3.8) is 0 Å². The molecule has 20 heavy (non-hydrogen) atoms. The number of methoxy groups -OCH3 is 1. The lowest BCUT2D eigenvalue weighted by Gasteiger charge is -2.10. The zero-order valence-electron chi connectivity index (χ0n) is 12.0. The van der Waals surface area contributed by atoms with E-state index in [0.29, 0.717) is 0 Å². The van der Waals surface area contributed by atoms with E-state index in [1.807, 2.05) is 31.2 Å². The van der Waals surface area contributed by atoms with Gasteiger partial charge >= 0.3 is 0 Å². The van der Waals surface area contributed by atoms with Crippen molar-refractivity contribution in [1.82, 2.24) is 9.97 Å². The Morgan fingerprint density at radius 3 is 2.60 bits per heavy atom. The summed E-state index contributed by atoms with van der Waals surface area (Å²) >= 11 is 1.63. The minimum atomic E-state index is 0.860. The second-order valence-corrected chi connectivity index (χ2v) is 5.42. The van der Waals surface area contributed by atoms with E-state index in [1.54, 1.807) is 25.2 Å². The third-order valence-corrected chi connectivity index (χ3v) is 3.97. The van der Waals surface area contributed by atoms with E-state index in [0.717, 1.165) is 40.0 Å². The number of ether oxygens (including phenoxy) is 1. The van der Waals surface area contributed by atoms with Crippen LogP contribution in [0.5, 0.6) is 5.75 Å². The Morgan fingerprint density at radius 1 is 1.20 bits per heavy atom. The van der Waals surface area contributed by atoms with Gasteiger partial charge in [-0.1, -0.05) is 18.7 Å². The fraction of sp³-hybridized carbons (Fsp3) is 0.333. The Balaban J connectivity index is 2.15. The van der Waals surface area contributed by atoms with Gasteiger partial charge in [0.15, 0.2) is 0 Å². The first-order valence-corrected chi connectivity index (χ1v) is 7.43. The SMILES string of the molecule is CCCNc1ncnc(Sc2ccc(OC)cc2)c1C. The van der Waals surface area contributed by atoms with Gasteiger partial charge in [0.1, 0.15) is 22.9 Å². The van der Waals surface area contributed by atoms with Gasteiger partial charge in [0.05, 0.1) is 7.11 Å². The summed E-state index contributed by atoms with van der Waals surface area (Å²) in [6, 6.07) is 7.97. The molecule has 2 aromatic rings. The van der Waals surface area contributed by atoms with Gasteiger partial charge < -0.3 is 10.1 Å². The average molecular weight is 289 g/mol. The highest BCUT2D eigenvalue weighted by Gasteiger charge is 2.08. The summed E-state index contributed by atoms with van der Waals surface area (Å²) in [6.07, 6.45) is 2.68. The van der Waals surface area contributed by atoms with Gasteiger partial charge in [-0.3, -0.25) is 0 Å². The Hall–Kier alpha value is -1.75. The van der Waals surface area contributed by atoms with Gasteiger partial charge in [-0.05, 0) is 37.6 Å². The summed E-state index contributed by atoms with van der Waals surface area (Å²) in [5.74, 6) is 1.77. The van der Waals surface area contributed by atoms with Crippen LogP contribution in [-0.4, -0.2) is 23.6 Å². The van der Waals surface area contributed by atoms with Gasteiger partial charge in [0.2, 0.25) is 0 Å². The number of nitrogens with zero attached hydrogens (tertiary/aromatic N) is 2. The highest BCUT2D eigenvalue weighted by Crippen LogP contribution is 2.31. The number of hydrogen-bond acceptors (Lipinski definition) is 5.